The Labute approximate surface area is 141 Å². The minimum Gasteiger partial charge on any atom is -0.349 e. The average molecular weight is 322 g/mol. The van der Waals surface area contributed by atoms with Gasteiger partial charge in [0.2, 0.25) is 0 Å². The lowest BCUT2D eigenvalue weighted by molar-refractivity contribution is 0.0937. The summed E-state index contributed by atoms with van der Waals surface area (Å²) in [6, 6.07) is 10.2. The van der Waals surface area contributed by atoms with Gasteiger partial charge in [-0.05, 0) is 32.8 Å². The fourth-order valence-corrected chi connectivity index (χ4v) is 2.77. The van der Waals surface area contributed by atoms with Crippen molar-refractivity contribution in [2.24, 2.45) is 0 Å². The molecule has 1 amide bonds. The number of carbonyl (C=O) groups is 1. The van der Waals surface area contributed by atoms with Crippen molar-refractivity contribution < 1.29 is 4.79 Å². The van der Waals surface area contributed by atoms with Crippen molar-refractivity contribution in [2.45, 2.75) is 40.2 Å². The molecule has 2 heterocycles. The lowest BCUT2D eigenvalue weighted by Gasteiger charge is -2.13. The number of hydrogen-bond donors (Lipinski definition) is 1. The van der Waals surface area contributed by atoms with Crippen molar-refractivity contribution in [3.05, 3.63) is 53.5 Å². The van der Waals surface area contributed by atoms with Crippen molar-refractivity contribution in [3.8, 4) is 11.1 Å². The smallest absolute Gasteiger partial charge is 0.254 e. The molecule has 24 heavy (non-hydrogen) atoms. The van der Waals surface area contributed by atoms with Crippen LogP contribution in [0, 0.1) is 13.8 Å². The zero-order valence-electron chi connectivity index (χ0n) is 14.5. The molecule has 0 fully saturated rings. The van der Waals surface area contributed by atoms with E-state index in [1.807, 2.05) is 58.0 Å². The topological polar surface area (TPSA) is 59.3 Å². The third-order valence-electron chi connectivity index (χ3n) is 4.36. The second-order valence-corrected chi connectivity index (χ2v) is 6.10. The summed E-state index contributed by atoms with van der Waals surface area (Å²) in [7, 11) is 0. The van der Waals surface area contributed by atoms with Crippen LogP contribution < -0.4 is 5.32 Å². The molecule has 2 aromatic heterocycles. The van der Waals surface area contributed by atoms with Crippen LogP contribution in [0.5, 0.6) is 0 Å². The van der Waals surface area contributed by atoms with E-state index in [1.165, 1.54) is 0 Å². The van der Waals surface area contributed by atoms with Crippen LogP contribution in [0.2, 0.25) is 0 Å². The monoisotopic (exact) mass is 322 g/mol. The van der Waals surface area contributed by atoms with Gasteiger partial charge in [0.05, 0.1) is 17.0 Å². The van der Waals surface area contributed by atoms with Crippen LogP contribution in [0.1, 0.15) is 42.0 Å². The van der Waals surface area contributed by atoms with Crippen LogP contribution >= 0.6 is 0 Å². The first-order valence-electron chi connectivity index (χ1n) is 8.24. The first-order valence-corrected chi connectivity index (χ1v) is 8.24. The maximum Gasteiger partial charge on any atom is 0.254 e. The summed E-state index contributed by atoms with van der Waals surface area (Å²) in [5.41, 5.74) is 5.12. The molecule has 3 aromatic rings. The second-order valence-electron chi connectivity index (χ2n) is 6.10. The van der Waals surface area contributed by atoms with Crippen LogP contribution in [0.15, 0.2) is 36.5 Å². The number of aromatic nitrogens is 3. The Hall–Kier alpha value is -2.69. The fraction of sp³-hybridized carbons (Fsp3) is 0.316. The molecular formula is C19H22N4O. The normalized spacial score (nSPS) is 12.3. The Bertz CT molecular complexity index is 883. The number of aryl methyl sites for hydroxylation is 2. The molecule has 0 aliphatic rings. The molecule has 0 aliphatic carbocycles. The molecule has 1 N–H and O–H groups in total. The first kappa shape index (κ1) is 16.2. The number of benzene rings is 1. The standard InChI is InChI=1S/C19H22N4O/c1-5-12(2)21-19(24)16-11-20-18-17(15-9-7-6-8-10-15)13(3)22-23(18)14(16)4/h6-12H,5H2,1-4H3,(H,21,24). The van der Waals surface area contributed by atoms with Gasteiger partial charge in [0.1, 0.15) is 0 Å². The molecule has 1 atom stereocenters. The molecule has 0 radical (unpaired) electrons. The van der Waals surface area contributed by atoms with Gasteiger partial charge in [-0.2, -0.15) is 5.10 Å². The number of fused-ring (bicyclic) bond motifs is 1. The Morgan fingerprint density at radius 2 is 1.96 bits per heavy atom. The predicted octanol–water partition coefficient (Wildman–Crippen LogP) is 3.54. The van der Waals surface area contributed by atoms with Crippen LogP contribution in [-0.4, -0.2) is 26.5 Å². The molecular weight excluding hydrogens is 300 g/mol. The van der Waals surface area contributed by atoms with E-state index in [9.17, 15) is 4.79 Å². The lowest BCUT2D eigenvalue weighted by Crippen LogP contribution is -2.32. The third-order valence-corrected chi connectivity index (χ3v) is 4.36. The van der Waals surface area contributed by atoms with E-state index in [4.69, 9.17) is 0 Å². The fourth-order valence-electron chi connectivity index (χ4n) is 2.77. The van der Waals surface area contributed by atoms with Gasteiger partial charge in [-0.1, -0.05) is 37.3 Å². The summed E-state index contributed by atoms with van der Waals surface area (Å²) in [6.45, 7) is 7.91. The Kier molecular flexibility index (Phi) is 4.34. The Morgan fingerprint density at radius 3 is 2.62 bits per heavy atom. The summed E-state index contributed by atoms with van der Waals surface area (Å²) in [6.07, 6.45) is 2.54. The SMILES string of the molecule is CCC(C)NC(=O)c1cnc2c(-c3ccccc3)c(C)nn2c1C. The largest absolute Gasteiger partial charge is 0.349 e. The maximum atomic E-state index is 12.4. The number of carbonyl (C=O) groups excluding carboxylic acids is 1. The van der Waals surface area contributed by atoms with E-state index < -0.39 is 0 Å². The number of amides is 1. The molecule has 0 bridgehead atoms. The summed E-state index contributed by atoms with van der Waals surface area (Å²) in [5.74, 6) is -0.106. The Balaban J connectivity index is 2.10. The van der Waals surface area contributed by atoms with Gasteiger partial charge in [-0.3, -0.25) is 4.79 Å². The summed E-state index contributed by atoms with van der Waals surface area (Å²) in [4.78, 5) is 17.0. The van der Waals surface area contributed by atoms with Gasteiger partial charge in [0.15, 0.2) is 5.65 Å². The van der Waals surface area contributed by atoms with E-state index in [0.29, 0.717) is 5.56 Å². The van der Waals surface area contributed by atoms with Crippen molar-refractivity contribution >= 4 is 11.6 Å². The predicted molar refractivity (Wildman–Crippen MR) is 95.1 cm³/mol. The highest BCUT2D eigenvalue weighted by molar-refractivity contribution is 5.95. The van der Waals surface area contributed by atoms with Gasteiger partial charge in [0.25, 0.3) is 5.91 Å². The molecule has 0 saturated carbocycles. The minimum absolute atomic E-state index is 0.106. The van der Waals surface area contributed by atoms with Crippen molar-refractivity contribution in [2.75, 3.05) is 0 Å². The van der Waals surface area contributed by atoms with Crippen LogP contribution in [0.4, 0.5) is 0 Å². The van der Waals surface area contributed by atoms with E-state index in [2.05, 4.69) is 15.4 Å². The van der Waals surface area contributed by atoms with Crippen LogP contribution in [0.3, 0.4) is 0 Å². The quantitative estimate of drug-likeness (QED) is 0.799. The summed E-state index contributed by atoms with van der Waals surface area (Å²) in [5, 5.41) is 7.59. The minimum atomic E-state index is -0.106. The summed E-state index contributed by atoms with van der Waals surface area (Å²) < 4.78 is 1.77. The van der Waals surface area contributed by atoms with Crippen LogP contribution in [-0.2, 0) is 0 Å². The van der Waals surface area contributed by atoms with Gasteiger partial charge < -0.3 is 5.32 Å². The number of hydrogen-bond acceptors (Lipinski definition) is 3. The number of rotatable bonds is 4. The average Bonchev–Trinajstić information content (AvgIpc) is 2.92. The number of nitrogens with zero attached hydrogens (tertiary/aromatic N) is 3. The zero-order chi connectivity index (χ0) is 17.3. The van der Waals surface area contributed by atoms with Crippen LogP contribution in [0.25, 0.3) is 16.8 Å². The molecule has 1 aromatic carbocycles. The highest BCUT2D eigenvalue weighted by atomic mass is 16.1. The highest BCUT2D eigenvalue weighted by Gasteiger charge is 2.19. The molecule has 5 heteroatoms. The molecule has 0 saturated heterocycles. The van der Waals surface area contributed by atoms with Gasteiger partial charge >= 0.3 is 0 Å². The number of nitrogens with one attached hydrogen (secondary N) is 1. The second kappa shape index (κ2) is 6.43. The first-order chi connectivity index (χ1) is 11.5. The maximum absolute atomic E-state index is 12.4. The van der Waals surface area contributed by atoms with E-state index in [1.54, 1.807) is 10.7 Å². The van der Waals surface area contributed by atoms with E-state index in [-0.39, 0.29) is 11.9 Å². The summed E-state index contributed by atoms with van der Waals surface area (Å²) >= 11 is 0. The third kappa shape index (κ3) is 2.77. The molecule has 0 spiro atoms. The van der Waals surface area contributed by atoms with E-state index >= 15 is 0 Å². The lowest BCUT2D eigenvalue weighted by atomic mass is 10.1. The van der Waals surface area contributed by atoms with Crippen molar-refractivity contribution in [1.29, 1.82) is 0 Å². The zero-order valence-corrected chi connectivity index (χ0v) is 14.5. The van der Waals surface area contributed by atoms with Gasteiger partial charge in [0, 0.05) is 17.8 Å². The molecule has 3 rings (SSSR count). The van der Waals surface area contributed by atoms with Gasteiger partial charge in [-0.15, -0.1) is 0 Å². The molecule has 5 nitrogen and oxygen atoms in total. The molecule has 0 aliphatic heterocycles. The Morgan fingerprint density at radius 1 is 1.25 bits per heavy atom. The highest BCUT2D eigenvalue weighted by Crippen LogP contribution is 2.27. The van der Waals surface area contributed by atoms with Gasteiger partial charge in [-0.25, -0.2) is 9.50 Å². The van der Waals surface area contributed by atoms with E-state index in [0.717, 1.165) is 34.6 Å². The molecule has 124 valence electrons. The van der Waals surface area contributed by atoms with Crippen molar-refractivity contribution in [1.82, 2.24) is 19.9 Å². The molecule has 1 unspecified atom stereocenters. The van der Waals surface area contributed by atoms with Crippen molar-refractivity contribution in [3.63, 3.8) is 0 Å².